The fourth-order valence-corrected chi connectivity index (χ4v) is 4.60. The molecule has 0 aromatic heterocycles. The number of likely N-dealkylation sites (N-methyl/N-ethyl adjacent to an activating group) is 1. The van der Waals surface area contributed by atoms with Gasteiger partial charge in [0.2, 0.25) is 10.0 Å². The van der Waals surface area contributed by atoms with Crippen molar-refractivity contribution in [1.29, 1.82) is 0 Å². The van der Waals surface area contributed by atoms with E-state index in [1.54, 1.807) is 12.1 Å². The number of hydrogen-bond donors (Lipinski definition) is 1. The Kier molecular flexibility index (Phi) is 11.2. The summed E-state index contributed by atoms with van der Waals surface area (Å²) in [5, 5.41) is 0.984. The van der Waals surface area contributed by atoms with E-state index in [0.29, 0.717) is 48.8 Å². The lowest BCUT2D eigenvalue weighted by atomic mass is 10.1. The number of nitrogens with one attached hydrogen (secondary N) is 1. The molecular weight excluding hydrogens is 534 g/mol. The molecule has 0 bridgehead atoms. The highest BCUT2D eigenvalue weighted by molar-refractivity contribution is 7.89. The molecule has 1 fully saturated rings. The average Bonchev–Trinajstić information content (AvgIpc) is 2.81. The quantitative estimate of drug-likeness (QED) is 0.343. The number of halogens is 5. The van der Waals surface area contributed by atoms with Crippen molar-refractivity contribution >= 4 is 46.7 Å². The van der Waals surface area contributed by atoms with E-state index in [0.717, 1.165) is 0 Å². The van der Waals surface area contributed by atoms with Gasteiger partial charge in [-0.05, 0) is 67.2 Å². The van der Waals surface area contributed by atoms with E-state index >= 15 is 0 Å². The minimum atomic E-state index is -3.61. The minimum Gasteiger partial charge on any atom is -0.457 e. The van der Waals surface area contributed by atoms with Crippen LogP contribution in [0.25, 0.3) is 0 Å². The smallest absolute Gasteiger partial charge is 0.293 e. The molecule has 1 heterocycles. The maximum Gasteiger partial charge on any atom is 0.293 e. The van der Waals surface area contributed by atoms with E-state index in [9.17, 15) is 26.7 Å². The van der Waals surface area contributed by atoms with Crippen molar-refractivity contribution in [3.63, 3.8) is 0 Å². The number of rotatable bonds is 5. The van der Waals surface area contributed by atoms with Gasteiger partial charge in [-0.15, -0.1) is 29.9 Å². The normalized spacial score (nSPS) is 14.9. The van der Waals surface area contributed by atoms with Gasteiger partial charge in [-0.3, -0.25) is 4.79 Å². The van der Waals surface area contributed by atoms with Crippen LogP contribution >= 0.6 is 24.8 Å². The molecule has 35 heavy (non-hydrogen) atoms. The van der Waals surface area contributed by atoms with Gasteiger partial charge in [-0.25, -0.2) is 8.42 Å². The first-order valence-electron chi connectivity index (χ1n) is 9.80. The van der Waals surface area contributed by atoms with Gasteiger partial charge in [0, 0.05) is 31.7 Å². The van der Waals surface area contributed by atoms with E-state index in [1.165, 1.54) is 46.8 Å². The summed E-state index contributed by atoms with van der Waals surface area (Å²) in [5.41, 5.74) is 0.856. The fourth-order valence-electron chi connectivity index (χ4n) is 3.18. The first-order chi connectivity index (χ1) is 15.7. The standard InChI is InChI=1S/C20H22F3N5O4S.2ClH/c1-14-13-15(19(29)28(23)20(24-21)25-22)3-8-18(14)32-16-4-6-17(7-5-16)33(30,31)27-11-9-26(2)10-12-27;;/h3-8,13H,9-12H2,1-2H3,(H,24,25);2*1H. The second-order valence-corrected chi connectivity index (χ2v) is 9.29. The monoisotopic (exact) mass is 557 g/mol. The highest BCUT2D eigenvalue weighted by atomic mass is 35.5. The van der Waals surface area contributed by atoms with Crippen LogP contribution in [0.1, 0.15) is 15.9 Å². The minimum absolute atomic E-state index is 0. The highest BCUT2D eigenvalue weighted by Crippen LogP contribution is 2.28. The number of carbonyl (C=O) groups is 1. The Balaban J connectivity index is 0.00000306. The molecule has 1 amide bonds. The van der Waals surface area contributed by atoms with Crippen LogP contribution in [0, 0.1) is 6.92 Å². The van der Waals surface area contributed by atoms with Gasteiger partial charge >= 0.3 is 0 Å². The number of ether oxygens (including phenoxy) is 1. The molecule has 0 saturated carbocycles. The number of guanidine groups is 1. The molecule has 1 saturated heterocycles. The Bertz CT molecular complexity index is 1150. The molecular formula is C20H24Cl2F3N5O4S. The van der Waals surface area contributed by atoms with Gasteiger partial charge in [-0.2, -0.15) is 9.84 Å². The summed E-state index contributed by atoms with van der Waals surface area (Å²) in [6, 6.07) is 9.74. The Morgan fingerprint density at radius 2 is 1.69 bits per heavy atom. The lowest BCUT2D eigenvalue weighted by molar-refractivity contribution is 0.0494. The zero-order chi connectivity index (χ0) is 24.2. The first-order valence-corrected chi connectivity index (χ1v) is 11.2. The third-order valence-corrected chi connectivity index (χ3v) is 7.02. The maximum atomic E-state index is 13.7. The van der Waals surface area contributed by atoms with E-state index < -0.39 is 27.0 Å². The second kappa shape index (κ2) is 12.9. The third-order valence-electron chi connectivity index (χ3n) is 5.10. The zero-order valence-electron chi connectivity index (χ0n) is 18.7. The summed E-state index contributed by atoms with van der Waals surface area (Å²) in [5.74, 6) is -2.22. The average molecular weight is 558 g/mol. The number of piperazine rings is 1. The van der Waals surface area contributed by atoms with Gasteiger partial charge in [-0.1, -0.05) is 13.4 Å². The van der Waals surface area contributed by atoms with Crippen molar-refractivity contribution < 1.29 is 31.4 Å². The molecule has 15 heteroatoms. The van der Waals surface area contributed by atoms with Crippen molar-refractivity contribution in [3.8, 4) is 11.5 Å². The van der Waals surface area contributed by atoms with Crippen molar-refractivity contribution in [3.05, 3.63) is 53.6 Å². The molecule has 0 spiro atoms. The van der Waals surface area contributed by atoms with Gasteiger partial charge in [0.25, 0.3) is 11.9 Å². The largest absolute Gasteiger partial charge is 0.457 e. The van der Waals surface area contributed by atoms with Crippen molar-refractivity contribution in [2.75, 3.05) is 33.2 Å². The third kappa shape index (κ3) is 6.98. The molecule has 1 aliphatic heterocycles. The molecule has 3 rings (SSSR count). The number of aryl methyl sites for hydroxylation is 1. The Morgan fingerprint density at radius 1 is 1.09 bits per heavy atom. The van der Waals surface area contributed by atoms with Crippen molar-refractivity contribution in [2.45, 2.75) is 11.8 Å². The van der Waals surface area contributed by atoms with E-state index in [2.05, 4.69) is 4.90 Å². The van der Waals surface area contributed by atoms with Gasteiger partial charge in [0.05, 0.1) is 4.90 Å². The molecule has 0 atom stereocenters. The number of sulfonamides is 1. The summed E-state index contributed by atoms with van der Waals surface area (Å²) in [6.07, 6.45) is 0. The Labute approximate surface area is 213 Å². The summed E-state index contributed by atoms with van der Waals surface area (Å²) >= 11 is 0. The number of amides is 1. The number of benzene rings is 2. The molecule has 2 aromatic carbocycles. The van der Waals surface area contributed by atoms with E-state index in [-0.39, 0.29) is 35.3 Å². The van der Waals surface area contributed by atoms with Gasteiger partial charge in [0.1, 0.15) is 11.5 Å². The summed E-state index contributed by atoms with van der Waals surface area (Å²) < 4.78 is 71.0. The number of hydrogen-bond acceptors (Lipinski definition) is 6. The van der Waals surface area contributed by atoms with Gasteiger partial charge in [0.15, 0.2) is 0 Å². The first kappa shape index (κ1) is 30.5. The summed E-state index contributed by atoms with van der Waals surface area (Å²) in [6.45, 7) is 3.73. The molecule has 0 aliphatic carbocycles. The van der Waals surface area contributed by atoms with E-state index in [1.807, 2.05) is 7.05 Å². The highest BCUT2D eigenvalue weighted by Gasteiger charge is 2.27. The Morgan fingerprint density at radius 3 is 2.20 bits per heavy atom. The van der Waals surface area contributed by atoms with Crippen LogP contribution in [0.5, 0.6) is 11.5 Å². The predicted molar refractivity (Wildman–Crippen MR) is 129 cm³/mol. The summed E-state index contributed by atoms with van der Waals surface area (Å²) in [7, 11) is -1.68. The predicted octanol–water partition coefficient (Wildman–Crippen LogP) is 3.61. The molecule has 194 valence electrons. The molecule has 2 aromatic rings. The maximum absolute atomic E-state index is 13.7. The molecule has 0 radical (unpaired) electrons. The van der Waals surface area contributed by atoms with Gasteiger partial charge < -0.3 is 9.64 Å². The molecule has 1 N–H and O–H groups in total. The van der Waals surface area contributed by atoms with Crippen LogP contribution in [-0.2, 0) is 10.0 Å². The lowest BCUT2D eigenvalue weighted by Crippen LogP contribution is -2.46. The fraction of sp³-hybridized carbons (Fsp3) is 0.300. The second-order valence-electron chi connectivity index (χ2n) is 7.35. The molecule has 1 aliphatic rings. The van der Waals surface area contributed by atoms with Crippen molar-refractivity contribution in [1.82, 2.24) is 19.9 Å². The van der Waals surface area contributed by atoms with Crippen molar-refractivity contribution in [2.24, 2.45) is 5.21 Å². The van der Waals surface area contributed by atoms with Crippen LogP contribution in [0.2, 0.25) is 0 Å². The SMILES string of the molecule is Cc1cc(C(=O)N(F)C(=NF)NF)ccc1Oc1ccc(S(=O)(=O)N2CCN(C)CC2)cc1.Cl.Cl. The topological polar surface area (TPSA) is 94.5 Å². The number of nitrogens with zero attached hydrogens (tertiary/aromatic N) is 4. The van der Waals surface area contributed by atoms with Crippen LogP contribution in [-0.4, -0.2) is 67.8 Å². The van der Waals surface area contributed by atoms with Crippen LogP contribution in [0.3, 0.4) is 0 Å². The Hall–Kier alpha value is -2.58. The lowest BCUT2D eigenvalue weighted by Gasteiger charge is -2.31. The zero-order valence-corrected chi connectivity index (χ0v) is 21.1. The van der Waals surface area contributed by atoms with E-state index in [4.69, 9.17) is 4.74 Å². The summed E-state index contributed by atoms with van der Waals surface area (Å²) in [4.78, 5) is 14.2. The number of carbonyl (C=O) groups excluding carboxylic acids is 1. The molecule has 9 nitrogen and oxygen atoms in total. The molecule has 0 unspecified atom stereocenters. The van der Waals surface area contributed by atoms with Crippen LogP contribution in [0.15, 0.2) is 52.6 Å². The van der Waals surface area contributed by atoms with Crippen LogP contribution in [0.4, 0.5) is 13.4 Å². The van der Waals surface area contributed by atoms with Crippen LogP contribution < -0.4 is 10.3 Å².